The molecule has 3 amide bonds. The van der Waals surface area contributed by atoms with Gasteiger partial charge in [-0.1, -0.05) is 45.9 Å². The van der Waals surface area contributed by atoms with Crippen molar-refractivity contribution in [3.05, 3.63) is 65.2 Å². The summed E-state index contributed by atoms with van der Waals surface area (Å²) in [6.07, 6.45) is -5.07. The average molecular weight is 547 g/mol. The van der Waals surface area contributed by atoms with Crippen molar-refractivity contribution in [2.45, 2.75) is 46.8 Å². The van der Waals surface area contributed by atoms with Gasteiger partial charge in [0.2, 0.25) is 0 Å². The van der Waals surface area contributed by atoms with E-state index in [4.69, 9.17) is 0 Å². The van der Waals surface area contributed by atoms with Gasteiger partial charge in [-0.05, 0) is 41.8 Å². The highest BCUT2D eigenvalue weighted by Gasteiger charge is 2.48. The zero-order valence-electron chi connectivity index (χ0n) is 22.9. The lowest BCUT2D eigenvalue weighted by Gasteiger charge is -2.35. The predicted molar refractivity (Wildman–Crippen MR) is 145 cm³/mol. The highest BCUT2D eigenvalue weighted by molar-refractivity contribution is 5.97. The second-order valence-corrected chi connectivity index (χ2v) is 11.1. The third-order valence-corrected chi connectivity index (χ3v) is 6.75. The summed E-state index contributed by atoms with van der Waals surface area (Å²) < 4.78 is 39.6. The smallest absolute Gasteiger partial charge is 0.338 e. The van der Waals surface area contributed by atoms with Crippen LogP contribution in [-0.4, -0.2) is 66.4 Å². The number of halogens is 3. The van der Waals surface area contributed by atoms with E-state index in [-0.39, 0.29) is 17.5 Å². The molecule has 0 radical (unpaired) electrons. The van der Waals surface area contributed by atoms with Crippen LogP contribution in [0.15, 0.2) is 48.5 Å². The molecule has 3 rings (SSSR count). The van der Waals surface area contributed by atoms with Crippen LogP contribution in [0.2, 0.25) is 0 Å². The molecule has 7 nitrogen and oxygen atoms in total. The largest absolute Gasteiger partial charge is 0.394 e. The summed E-state index contributed by atoms with van der Waals surface area (Å²) in [5.41, 5.74) is 0.145. The average Bonchev–Trinajstić information content (AvgIpc) is 2.87. The van der Waals surface area contributed by atoms with Crippen LogP contribution in [0.4, 0.5) is 23.7 Å². The molecule has 0 aromatic heterocycles. The van der Waals surface area contributed by atoms with Crippen molar-refractivity contribution in [1.29, 1.82) is 0 Å². The first-order valence-corrected chi connectivity index (χ1v) is 13.1. The molecule has 1 saturated heterocycles. The summed E-state index contributed by atoms with van der Waals surface area (Å²) in [7, 11) is 0. The molecule has 0 bridgehead atoms. The Kier molecular flexibility index (Phi) is 9.77. The summed E-state index contributed by atoms with van der Waals surface area (Å²) in [5.74, 6) is -0.285. The molecule has 39 heavy (non-hydrogen) atoms. The molecule has 0 spiro atoms. The van der Waals surface area contributed by atoms with Crippen molar-refractivity contribution in [2.75, 3.05) is 38.0 Å². The fourth-order valence-electron chi connectivity index (χ4n) is 4.16. The molecular formula is C29H37F3N4O3. The van der Waals surface area contributed by atoms with Crippen LogP contribution >= 0.6 is 0 Å². The van der Waals surface area contributed by atoms with Crippen molar-refractivity contribution in [2.24, 2.45) is 11.3 Å². The van der Waals surface area contributed by atoms with E-state index in [1.807, 2.05) is 19.9 Å². The Balaban J connectivity index is 1.51. The number of alkyl halides is 3. The Morgan fingerprint density at radius 2 is 1.56 bits per heavy atom. The Morgan fingerprint density at radius 1 is 0.923 bits per heavy atom. The van der Waals surface area contributed by atoms with E-state index < -0.39 is 23.8 Å². The molecule has 1 heterocycles. The molecule has 0 aliphatic carbocycles. The first-order valence-electron chi connectivity index (χ1n) is 13.1. The third-order valence-electron chi connectivity index (χ3n) is 6.75. The number of nitrogens with zero attached hydrogens (tertiary/aromatic N) is 2. The maximum absolute atomic E-state index is 13.2. The molecule has 2 aromatic rings. The Morgan fingerprint density at radius 3 is 2.15 bits per heavy atom. The van der Waals surface area contributed by atoms with E-state index in [2.05, 4.69) is 15.5 Å². The van der Waals surface area contributed by atoms with E-state index >= 15 is 0 Å². The van der Waals surface area contributed by atoms with Crippen LogP contribution in [-0.2, 0) is 6.54 Å². The maximum Gasteiger partial charge on any atom is 0.394 e. The minimum atomic E-state index is -4.46. The first-order chi connectivity index (χ1) is 18.2. The fourth-order valence-corrected chi connectivity index (χ4v) is 4.16. The van der Waals surface area contributed by atoms with E-state index in [1.165, 1.54) is 0 Å². The van der Waals surface area contributed by atoms with Crippen LogP contribution in [0.3, 0.4) is 0 Å². The van der Waals surface area contributed by atoms with Crippen molar-refractivity contribution in [1.82, 2.24) is 15.1 Å². The quantitative estimate of drug-likeness (QED) is 0.402. The highest BCUT2D eigenvalue weighted by Crippen LogP contribution is 2.41. The molecule has 0 saturated carbocycles. The molecule has 0 atom stereocenters. The zero-order valence-corrected chi connectivity index (χ0v) is 22.9. The highest BCUT2D eigenvalue weighted by atomic mass is 19.4. The summed E-state index contributed by atoms with van der Waals surface area (Å²) in [6.45, 7) is 9.48. The summed E-state index contributed by atoms with van der Waals surface area (Å²) in [4.78, 5) is 41.4. The van der Waals surface area contributed by atoms with Crippen molar-refractivity contribution in [3.8, 4) is 0 Å². The molecular weight excluding hydrogens is 509 g/mol. The van der Waals surface area contributed by atoms with Crippen LogP contribution < -0.4 is 10.6 Å². The number of urea groups is 1. The molecule has 10 heteroatoms. The second-order valence-electron chi connectivity index (χ2n) is 11.1. The van der Waals surface area contributed by atoms with Gasteiger partial charge in [-0.25, -0.2) is 4.79 Å². The normalized spacial score (nSPS) is 14.8. The minimum Gasteiger partial charge on any atom is -0.338 e. The number of Topliss-reactive ketones (excluding diaryl/α,β-unsaturated/α-hetero) is 1. The molecule has 1 aliphatic heterocycles. The van der Waals surface area contributed by atoms with E-state index in [1.54, 1.807) is 47.4 Å². The van der Waals surface area contributed by atoms with Gasteiger partial charge in [0.1, 0.15) is 0 Å². The number of benzene rings is 2. The molecule has 1 aliphatic rings. The van der Waals surface area contributed by atoms with Crippen molar-refractivity contribution < 1.29 is 27.6 Å². The van der Waals surface area contributed by atoms with Gasteiger partial charge < -0.3 is 15.5 Å². The Hall–Kier alpha value is -3.40. The zero-order chi connectivity index (χ0) is 28.8. The van der Waals surface area contributed by atoms with Gasteiger partial charge in [-0.15, -0.1) is 0 Å². The second kappa shape index (κ2) is 12.6. The number of piperazine rings is 1. The van der Waals surface area contributed by atoms with E-state index in [9.17, 15) is 27.6 Å². The van der Waals surface area contributed by atoms with Gasteiger partial charge in [0, 0.05) is 62.5 Å². The summed E-state index contributed by atoms with van der Waals surface area (Å²) in [6, 6.07) is 13.2. The topological polar surface area (TPSA) is 81.8 Å². The maximum atomic E-state index is 13.2. The molecule has 1 fully saturated rings. The number of amides is 3. The fraction of sp³-hybridized carbons (Fsp3) is 0.483. The molecule has 2 N–H and O–H groups in total. The number of carbonyl (C=O) groups excluding carboxylic acids is 3. The molecule has 0 unspecified atom stereocenters. The number of rotatable bonds is 9. The minimum absolute atomic E-state index is 0.0923. The lowest BCUT2D eigenvalue weighted by Crippen LogP contribution is -2.48. The number of hydrogen-bond acceptors (Lipinski definition) is 4. The van der Waals surface area contributed by atoms with E-state index in [0.29, 0.717) is 56.4 Å². The predicted octanol–water partition coefficient (Wildman–Crippen LogP) is 5.58. The number of anilines is 1. The van der Waals surface area contributed by atoms with Gasteiger partial charge in [-0.2, -0.15) is 13.2 Å². The van der Waals surface area contributed by atoms with Gasteiger partial charge in [0.25, 0.3) is 5.91 Å². The van der Waals surface area contributed by atoms with Gasteiger partial charge >= 0.3 is 12.2 Å². The molecule has 2 aromatic carbocycles. The summed E-state index contributed by atoms with van der Waals surface area (Å²) >= 11 is 0. The standard InChI is InChI=1S/C29H37F3N4O3/c1-20(2)18-33-27(39)34-24-10-8-22(9-11-24)26(38)36-14-12-35(13-15-36)19-21-6-5-7-23(16-21)25(37)17-28(3,4)29(30,31)32/h5-11,16,20H,12-15,17-19H2,1-4H3,(H2,33,34,39). The first kappa shape index (κ1) is 30.1. The van der Waals surface area contributed by atoms with Crippen molar-refractivity contribution >= 4 is 23.4 Å². The van der Waals surface area contributed by atoms with Gasteiger partial charge in [-0.3, -0.25) is 14.5 Å². The lowest BCUT2D eigenvalue weighted by atomic mass is 9.84. The lowest BCUT2D eigenvalue weighted by molar-refractivity contribution is -0.210. The van der Waals surface area contributed by atoms with Gasteiger partial charge in [0.05, 0.1) is 5.41 Å². The van der Waals surface area contributed by atoms with Gasteiger partial charge in [0.15, 0.2) is 5.78 Å². The van der Waals surface area contributed by atoms with Crippen molar-refractivity contribution in [3.63, 3.8) is 0 Å². The summed E-state index contributed by atoms with van der Waals surface area (Å²) in [5, 5.41) is 5.52. The van der Waals surface area contributed by atoms with Crippen LogP contribution in [0, 0.1) is 11.3 Å². The SMILES string of the molecule is CC(C)CNC(=O)Nc1ccc(C(=O)N2CCN(Cc3cccc(C(=O)CC(C)(C)C(F)(F)F)c3)CC2)cc1. The van der Waals surface area contributed by atoms with Crippen LogP contribution in [0.5, 0.6) is 0 Å². The van der Waals surface area contributed by atoms with E-state index in [0.717, 1.165) is 19.4 Å². The third kappa shape index (κ3) is 8.54. The number of carbonyl (C=O) groups is 3. The Bertz CT molecular complexity index is 1160. The number of ketones is 1. The monoisotopic (exact) mass is 546 g/mol. The number of nitrogens with one attached hydrogen (secondary N) is 2. The van der Waals surface area contributed by atoms with Crippen LogP contribution in [0.25, 0.3) is 0 Å². The molecule has 212 valence electrons. The number of hydrogen-bond donors (Lipinski definition) is 2. The Labute approximate surface area is 227 Å². The van der Waals surface area contributed by atoms with Crippen LogP contribution in [0.1, 0.15) is 60.4 Å².